The van der Waals surface area contributed by atoms with Crippen molar-refractivity contribution < 1.29 is 4.74 Å². The van der Waals surface area contributed by atoms with Gasteiger partial charge in [-0.2, -0.15) is 5.10 Å². The highest BCUT2D eigenvalue weighted by atomic mass is 127. The highest BCUT2D eigenvalue weighted by Gasteiger charge is 2.04. The van der Waals surface area contributed by atoms with Gasteiger partial charge >= 0.3 is 0 Å². The Morgan fingerprint density at radius 1 is 1.26 bits per heavy atom. The minimum Gasteiger partial charge on any atom is -0.383 e. The number of rotatable bonds is 7. The fourth-order valence-electron chi connectivity index (χ4n) is 2.06. The molecule has 1 aromatic carbocycles. The number of aromatic nitrogens is 2. The van der Waals surface area contributed by atoms with E-state index < -0.39 is 0 Å². The molecule has 0 fully saturated rings. The second kappa shape index (κ2) is 11.0. The van der Waals surface area contributed by atoms with Crippen LogP contribution in [0.1, 0.15) is 12.5 Å². The second-order valence-electron chi connectivity index (χ2n) is 4.69. The molecule has 0 spiro atoms. The van der Waals surface area contributed by atoms with Crippen LogP contribution in [0.3, 0.4) is 0 Å². The van der Waals surface area contributed by atoms with Crippen molar-refractivity contribution in [3.63, 3.8) is 0 Å². The van der Waals surface area contributed by atoms with Crippen molar-refractivity contribution in [1.29, 1.82) is 0 Å². The van der Waals surface area contributed by atoms with Crippen molar-refractivity contribution in [2.24, 2.45) is 4.99 Å². The molecular weight excluding hydrogens is 405 g/mol. The van der Waals surface area contributed by atoms with Crippen LogP contribution >= 0.6 is 24.0 Å². The zero-order valence-electron chi connectivity index (χ0n) is 13.5. The average Bonchev–Trinajstić information content (AvgIpc) is 3.07. The van der Waals surface area contributed by atoms with Crippen LogP contribution in [0, 0.1) is 0 Å². The molecule has 126 valence electrons. The highest BCUT2D eigenvalue weighted by molar-refractivity contribution is 14.0. The van der Waals surface area contributed by atoms with Gasteiger partial charge in [0.15, 0.2) is 5.96 Å². The quantitative estimate of drug-likeness (QED) is 0.307. The second-order valence-corrected chi connectivity index (χ2v) is 4.69. The standard InChI is InChI=1S/C16H23N5O.HI/c1-3-17-16(18-10-12-22-2)19-13-14-7-4-5-8-15(14)21-11-6-9-20-21;/h4-9,11H,3,10,12-13H2,1-2H3,(H2,17,18,19);1H. The number of benzene rings is 1. The third kappa shape index (κ3) is 6.19. The van der Waals surface area contributed by atoms with Gasteiger partial charge in [-0.3, -0.25) is 0 Å². The summed E-state index contributed by atoms with van der Waals surface area (Å²) in [5.41, 5.74) is 2.17. The molecule has 1 aromatic heterocycles. The third-order valence-corrected chi connectivity index (χ3v) is 3.09. The summed E-state index contributed by atoms with van der Waals surface area (Å²) in [6.07, 6.45) is 3.71. The van der Waals surface area contributed by atoms with Crippen LogP contribution in [0.15, 0.2) is 47.7 Å². The molecule has 0 aliphatic rings. The molecule has 0 atom stereocenters. The van der Waals surface area contributed by atoms with Gasteiger partial charge in [0.1, 0.15) is 0 Å². The van der Waals surface area contributed by atoms with Crippen molar-refractivity contribution in [2.75, 3.05) is 26.8 Å². The summed E-state index contributed by atoms with van der Waals surface area (Å²) in [4.78, 5) is 4.62. The molecule has 0 amide bonds. The number of hydrogen-bond donors (Lipinski definition) is 2. The highest BCUT2D eigenvalue weighted by Crippen LogP contribution is 2.14. The van der Waals surface area contributed by atoms with Gasteiger partial charge in [0.05, 0.1) is 18.8 Å². The number of ether oxygens (including phenoxy) is 1. The first-order valence-electron chi connectivity index (χ1n) is 7.44. The molecule has 0 saturated carbocycles. The number of aliphatic imine (C=N–C) groups is 1. The first kappa shape index (κ1) is 19.4. The van der Waals surface area contributed by atoms with Gasteiger partial charge in [-0.1, -0.05) is 18.2 Å². The SMILES string of the molecule is CCNC(=NCc1ccccc1-n1cccn1)NCCOC.I. The molecule has 1 heterocycles. The largest absolute Gasteiger partial charge is 0.383 e. The Bertz CT molecular complexity index is 586. The van der Waals surface area contributed by atoms with Crippen LogP contribution in [-0.4, -0.2) is 42.5 Å². The lowest BCUT2D eigenvalue weighted by Crippen LogP contribution is -2.38. The Labute approximate surface area is 154 Å². The van der Waals surface area contributed by atoms with E-state index in [0.29, 0.717) is 13.2 Å². The summed E-state index contributed by atoms with van der Waals surface area (Å²) >= 11 is 0. The van der Waals surface area contributed by atoms with E-state index in [-0.39, 0.29) is 24.0 Å². The molecule has 0 saturated heterocycles. The Balaban J connectivity index is 0.00000264. The number of para-hydroxylation sites is 1. The van der Waals surface area contributed by atoms with Crippen LogP contribution in [0.4, 0.5) is 0 Å². The summed E-state index contributed by atoms with van der Waals surface area (Å²) in [6.45, 7) is 4.82. The van der Waals surface area contributed by atoms with E-state index in [0.717, 1.165) is 30.3 Å². The summed E-state index contributed by atoms with van der Waals surface area (Å²) in [7, 11) is 1.69. The molecule has 0 unspecified atom stereocenters. The predicted octanol–water partition coefficient (Wildman–Crippen LogP) is 2.19. The van der Waals surface area contributed by atoms with Gasteiger partial charge < -0.3 is 15.4 Å². The number of guanidine groups is 1. The van der Waals surface area contributed by atoms with Crippen molar-refractivity contribution in [1.82, 2.24) is 20.4 Å². The van der Waals surface area contributed by atoms with Gasteiger partial charge in [0.25, 0.3) is 0 Å². The molecule has 7 heteroatoms. The summed E-state index contributed by atoms with van der Waals surface area (Å²) in [5.74, 6) is 0.787. The van der Waals surface area contributed by atoms with E-state index in [1.807, 2.05) is 42.1 Å². The zero-order chi connectivity index (χ0) is 15.6. The van der Waals surface area contributed by atoms with Gasteiger partial charge in [-0.25, -0.2) is 9.67 Å². The zero-order valence-corrected chi connectivity index (χ0v) is 15.9. The number of halogens is 1. The predicted molar refractivity (Wildman–Crippen MR) is 104 cm³/mol. The van der Waals surface area contributed by atoms with Crippen LogP contribution < -0.4 is 10.6 Å². The number of hydrogen-bond acceptors (Lipinski definition) is 3. The van der Waals surface area contributed by atoms with E-state index in [4.69, 9.17) is 4.74 Å². The lowest BCUT2D eigenvalue weighted by Gasteiger charge is -2.12. The van der Waals surface area contributed by atoms with E-state index in [2.05, 4.69) is 26.8 Å². The molecule has 2 rings (SSSR count). The first-order valence-corrected chi connectivity index (χ1v) is 7.44. The molecule has 6 nitrogen and oxygen atoms in total. The molecule has 0 radical (unpaired) electrons. The topological polar surface area (TPSA) is 63.5 Å². The maximum absolute atomic E-state index is 5.04. The van der Waals surface area contributed by atoms with Crippen molar-refractivity contribution in [2.45, 2.75) is 13.5 Å². The molecule has 0 aliphatic heterocycles. The fraction of sp³-hybridized carbons (Fsp3) is 0.375. The van der Waals surface area contributed by atoms with E-state index in [1.165, 1.54) is 0 Å². The summed E-state index contributed by atoms with van der Waals surface area (Å²) in [5, 5.41) is 10.8. The number of nitrogens with zero attached hydrogens (tertiary/aromatic N) is 3. The van der Waals surface area contributed by atoms with Gasteiger partial charge in [0, 0.05) is 32.6 Å². The molecule has 23 heavy (non-hydrogen) atoms. The third-order valence-electron chi connectivity index (χ3n) is 3.09. The molecular formula is C16H24IN5O. The Hall–Kier alpha value is -1.61. The lowest BCUT2D eigenvalue weighted by atomic mass is 10.2. The smallest absolute Gasteiger partial charge is 0.191 e. The average molecular weight is 429 g/mol. The minimum absolute atomic E-state index is 0. The van der Waals surface area contributed by atoms with E-state index in [1.54, 1.807) is 13.3 Å². The number of nitrogens with one attached hydrogen (secondary N) is 2. The molecule has 0 bridgehead atoms. The molecule has 2 N–H and O–H groups in total. The van der Waals surface area contributed by atoms with Crippen LogP contribution in [0.25, 0.3) is 5.69 Å². The van der Waals surface area contributed by atoms with Crippen molar-refractivity contribution in [3.05, 3.63) is 48.3 Å². The van der Waals surface area contributed by atoms with Gasteiger partial charge in [0.2, 0.25) is 0 Å². The monoisotopic (exact) mass is 429 g/mol. The summed E-state index contributed by atoms with van der Waals surface area (Å²) in [6, 6.07) is 10.0. The summed E-state index contributed by atoms with van der Waals surface area (Å²) < 4.78 is 6.90. The molecule has 2 aromatic rings. The fourth-order valence-corrected chi connectivity index (χ4v) is 2.06. The minimum atomic E-state index is 0. The van der Waals surface area contributed by atoms with Crippen LogP contribution in [-0.2, 0) is 11.3 Å². The molecule has 0 aliphatic carbocycles. The maximum atomic E-state index is 5.04. The Kier molecular flexibility index (Phi) is 9.30. The maximum Gasteiger partial charge on any atom is 0.191 e. The van der Waals surface area contributed by atoms with Crippen LogP contribution in [0.5, 0.6) is 0 Å². The van der Waals surface area contributed by atoms with Gasteiger partial charge in [-0.15, -0.1) is 24.0 Å². The number of methoxy groups -OCH3 is 1. The van der Waals surface area contributed by atoms with Crippen molar-refractivity contribution in [3.8, 4) is 5.69 Å². The van der Waals surface area contributed by atoms with E-state index in [9.17, 15) is 0 Å². The van der Waals surface area contributed by atoms with E-state index >= 15 is 0 Å². The lowest BCUT2D eigenvalue weighted by molar-refractivity contribution is 0.203. The van der Waals surface area contributed by atoms with Crippen molar-refractivity contribution >= 4 is 29.9 Å². The Morgan fingerprint density at radius 2 is 2.09 bits per heavy atom. The normalized spacial score (nSPS) is 11.0. The van der Waals surface area contributed by atoms with Gasteiger partial charge in [-0.05, 0) is 24.6 Å². The first-order chi connectivity index (χ1) is 10.8. The van der Waals surface area contributed by atoms with Crippen LogP contribution in [0.2, 0.25) is 0 Å². The Morgan fingerprint density at radius 3 is 2.78 bits per heavy atom.